The van der Waals surface area contributed by atoms with Gasteiger partial charge >= 0.3 is 14.1 Å². The zero-order valence-corrected chi connectivity index (χ0v) is 23.9. The summed E-state index contributed by atoms with van der Waals surface area (Å²) in [6.45, 7) is 0. The summed E-state index contributed by atoms with van der Waals surface area (Å²) < 4.78 is 14.0. The standard InChI is InChI=1S/C38H21B2N3O2/c1-2-11-24(12-3-1)41-29-20-18-23-10-6-17-32-34(23)37(29)43-38-30(41)21-19-26-36(38)35-25(40(43)45-32)13-7-15-28(35)42-27-14-4-8-22-9-5-16-31(33(22)27)44-39(26)42/h1-21H. The SMILES string of the molecule is c1ccc(N2c3ccc4c5c3N3B(Oc6cccc7ccc2c3c67)c2cccc(c2-5)N2B4Oc3cccc4cccc2c34)cc1. The maximum atomic E-state index is 7.04. The molecule has 7 aromatic rings. The van der Waals surface area contributed by atoms with Crippen LogP contribution in [0.5, 0.6) is 11.5 Å². The first-order valence-corrected chi connectivity index (χ1v) is 15.5. The fourth-order valence-electron chi connectivity index (χ4n) is 8.61. The number of rotatable bonds is 1. The molecule has 0 N–H and O–H groups in total. The number of anilines is 7. The fourth-order valence-corrected chi connectivity index (χ4v) is 8.61. The zero-order valence-electron chi connectivity index (χ0n) is 23.9. The van der Waals surface area contributed by atoms with Gasteiger partial charge in [-0.1, -0.05) is 78.9 Å². The number of nitrogens with zero attached hydrogens (tertiary/aromatic N) is 3. The molecule has 206 valence electrons. The van der Waals surface area contributed by atoms with Crippen molar-refractivity contribution in [2.24, 2.45) is 0 Å². The van der Waals surface area contributed by atoms with Crippen molar-refractivity contribution in [3.63, 3.8) is 0 Å². The van der Waals surface area contributed by atoms with Crippen LogP contribution in [-0.4, -0.2) is 14.1 Å². The highest BCUT2D eigenvalue weighted by molar-refractivity contribution is 6.82. The fraction of sp³-hybridized carbons (Fsp3) is 0. The molecule has 0 saturated carbocycles. The Morgan fingerprint density at radius 3 is 1.91 bits per heavy atom. The van der Waals surface area contributed by atoms with E-state index in [1.807, 2.05) is 0 Å². The second-order valence-electron chi connectivity index (χ2n) is 12.4. The Kier molecular flexibility index (Phi) is 3.85. The molecule has 12 rings (SSSR count). The van der Waals surface area contributed by atoms with Crippen LogP contribution in [0.15, 0.2) is 127 Å². The van der Waals surface area contributed by atoms with E-state index in [-0.39, 0.29) is 14.1 Å². The third-order valence-corrected chi connectivity index (χ3v) is 10.3. The lowest BCUT2D eigenvalue weighted by Crippen LogP contribution is -2.62. The van der Waals surface area contributed by atoms with Crippen molar-refractivity contribution in [2.75, 3.05) is 14.5 Å². The van der Waals surface area contributed by atoms with Gasteiger partial charge in [0.15, 0.2) is 0 Å². The Balaban J connectivity index is 1.24. The summed E-state index contributed by atoms with van der Waals surface area (Å²) in [4.78, 5) is 7.30. The van der Waals surface area contributed by atoms with E-state index in [9.17, 15) is 0 Å². The molecular formula is C38H21B2N3O2. The monoisotopic (exact) mass is 573 g/mol. The van der Waals surface area contributed by atoms with Crippen LogP contribution in [-0.2, 0) is 0 Å². The summed E-state index contributed by atoms with van der Waals surface area (Å²) in [6.07, 6.45) is 0. The van der Waals surface area contributed by atoms with E-state index in [1.54, 1.807) is 0 Å². The molecule has 0 fully saturated rings. The first-order valence-electron chi connectivity index (χ1n) is 15.5. The average Bonchev–Trinajstić information content (AvgIpc) is 3.10. The van der Waals surface area contributed by atoms with Gasteiger partial charge in [0.1, 0.15) is 11.5 Å². The predicted octanol–water partition coefficient (Wildman–Crippen LogP) is 7.92. The Labute approximate surface area is 259 Å². The van der Waals surface area contributed by atoms with Crippen molar-refractivity contribution in [3.05, 3.63) is 127 Å². The molecule has 0 bridgehead atoms. The van der Waals surface area contributed by atoms with Gasteiger partial charge in [0.2, 0.25) is 0 Å². The van der Waals surface area contributed by atoms with Crippen LogP contribution in [0.2, 0.25) is 0 Å². The highest BCUT2D eigenvalue weighted by atomic mass is 16.5. The third kappa shape index (κ3) is 2.55. The topological polar surface area (TPSA) is 28.2 Å². The highest BCUT2D eigenvalue weighted by Crippen LogP contribution is 2.62. The van der Waals surface area contributed by atoms with Gasteiger partial charge < -0.3 is 23.8 Å². The van der Waals surface area contributed by atoms with Crippen LogP contribution >= 0.6 is 0 Å². The van der Waals surface area contributed by atoms with Gasteiger partial charge in [-0.05, 0) is 70.2 Å². The molecule has 45 heavy (non-hydrogen) atoms. The van der Waals surface area contributed by atoms with E-state index < -0.39 is 0 Å². The van der Waals surface area contributed by atoms with Crippen LogP contribution < -0.4 is 34.8 Å². The first kappa shape index (κ1) is 22.7. The summed E-state index contributed by atoms with van der Waals surface area (Å²) in [5.41, 5.74) is 12.9. The van der Waals surface area contributed by atoms with Crippen molar-refractivity contribution >= 4 is 86.4 Å². The lowest BCUT2D eigenvalue weighted by molar-refractivity contribution is 0.577. The summed E-state index contributed by atoms with van der Waals surface area (Å²) in [5, 5.41) is 4.67. The molecule has 7 heteroatoms. The van der Waals surface area contributed by atoms with Crippen LogP contribution in [0.4, 0.5) is 39.8 Å². The lowest BCUT2D eigenvalue weighted by Gasteiger charge is -2.51. The average molecular weight is 573 g/mol. The van der Waals surface area contributed by atoms with Gasteiger partial charge in [-0.2, -0.15) is 0 Å². The second kappa shape index (κ2) is 7.63. The molecule has 0 amide bonds. The van der Waals surface area contributed by atoms with Crippen molar-refractivity contribution in [1.29, 1.82) is 0 Å². The van der Waals surface area contributed by atoms with Crippen LogP contribution in [0, 0.1) is 0 Å². The van der Waals surface area contributed by atoms with Crippen molar-refractivity contribution in [3.8, 4) is 22.6 Å². The molecule has 0 radical (unpaired) electrons. The lowest BCUT2D eigenvalue weighted by atomic mass is 9.55. The number of benzene rings is 7. The molecule has 0 saturated heterocycles. The summed E-state index contributed by atoms with van der Waals surface area (Å²) >= 11 is 0. The van der Waals surface area contributed by atoms with Crippen LogP contribution in [0.25, 0.3) is 32.7 Å². The Morgan fingerprint density at radius 1 is 0.422 bits per heavy atom. The van der Waals surface area contributed by atoms with E-state index >= 15 is 0 Å². The predicted molar refractivity (Wildman–Crippen MR) is 184 cm³/mol. The minimum absolute atomic E-state index is 0.301. The normalized spacial score (nSPS) is 15.2. The number of hydrogen-bond donors (Lipinski definition) is 0. The summed E-state index contributed by atoms with van der Waals surface area (Å²) in [6, 6.07) is 45.8. The van der Waals surface area contributed by atoms with Crippen molar-refractivity contribution in [2.45, 2.75) is 0 Å². The number of fused-ring (bicyclic) bond motifs is 5. The first-order chi connectivity index (χ1) is 22.3. The summed E-state index contributed by atoms with van der Waals surface area (Å²) in [5.74, 6) is 1.85. The molecule has 0 aliphatic carbocycles. The molecule has 0 unspecified atom stereocenters. The van der Waals surface area contributed by atoms with Crippen LogP contribution in [0.3, 0.4) is 0 Å². The van der Waals surface area contributed by atoms with Gasteiger partial charge in [-0.3, -0.25) is 0 Å². The zero-order chi connectivity index (χ0) is 29.0. The molecule has 5 heterocycles. The van der Waals surface area contributed by atoms with E-state index in [0.29, 0.717) is 0 Å². The van der Waals surface area contributed by atoms with E-state index in [0.717, 1.165) is 45.0 Å². The molecule has 0 aromatic heterocycles. The van der Waals surface area contributed by atoms with Gasteiger partial charge in [0, 0.05) is 39.0 Å². The highest BCUT2D eigenvalue weighted by Gasteiger charge is 2.54. The van der Waals surface area contributed by atoms with Gasteiger partial charge in [-0.15, -0.1) is 0 Å². The third-order valence-electron chi connectivity index (χ3n) is 10.3. The quantitative estimate of drug-likeness (QED) is 0.186. The molecule has 5 aliphatic rings. The minimum atomic E-state index is -0.302. The maximum Gasteiger partial charge on any atom is 0.525 e. The van der Waals surface area contributed by atoms with E-state index in [4.69, 9.17) is 9.31 Å². The molecule has 7 aromatic carbocycles. The summed E-state index contributed by atoms with van der Waals surface area (Å²) in [7, 11) is -0.602. The van der Waals surface area contributed by atoms with Crippen molar-refractivity contribution < 1.29 is 9.31 Å². The Morgan fingerprint density at radius 2 is 1.07 bits per heavy atom. The molecule has 0 atom stereocenters. The second-order valence-corrected chi connectivity index (χ2v) is 12.4. The van der Waals surface area contributed by atoms with Gasteiger partial charge in [-0.25, -0.2) is 0 Å². The number of hydrogen-bond acceptors (Lipinski definition) is 5. The molecule has 5 nitrogen and oxygen atoms in total. The molecule has 0 spiro atoms. The Hall–Kier alpha value is -5.81. The van der Waals surface area contributed by atoms with Crippen molar-refractivity contribution in [1.82, 2.24) is 0 Å². The Bertz CT molecular complexity index is 2500. The molecule has 5 aliphatic heterocycles. The smallest absolute Gasteiger partial charge is 0.525 e. The minimum Gasteiger partial charge on any atom is -0.537 e. The van der Waals surface area contributed by atoms with Crippen LogP contribution in [0.1, 0.15) is 0 Å². The molecular weight excluding hydrogens is 552 g/mol. The maximum absolute atomic E-state index is 7.04. The largest absolute Gasteiger partial charge is 0.537 e. The van der Waals surface area contributed by atoms with E-state index in [2.05, 4.69) is 142 Å². The van der Waals surface area contributed by atoms with Gasteiger partial charge in [0.25, 0.3) is 0 Å². The van der Waals surface area contributed by atoms with Gasteiger partial charge in [0.05, 0.1) is 22.7 Å². The van der Waals surface area contributed by atoms with E-state index in [1.165, 1.54) is 49.9 Å². The number of para-hydroxylation sites is 1.